The molecule has 0 spiro atoms. The van der Waals surface area contributed by atoms with Crippen LogP contribution in [0.5, 0.6) is 0 Å². The number of halogens is 10. The highest BCUT2D eigenvalue weighted by atomic mass is 127. The molecule has 1 aromatic rings. The molecule has 1 atom stereocenters. The molecule has 1 amide bonds. The molecule has 0 heterocycles. The van der Waals surface area contributed by atoms with Crippen molar-refractivity contribution in [3.8, 4) is 0 Å². The fraction of sp³-hybridized carbons (Fsp3) is 0.357. The number of alkyl halides is 9. The van der Waals surface area contributed by atoms with E-state index in [-0.39, 0.29) is 5.56 Å². The Balaban J connectivity index is 3.09. The van der Waals surface area contributed by atoms with E-state index in [4.69, 9.17) is 0 Å². The van der Waals surface area contributed by atoms with E-state index >= 15 is 0 Å². The van der Waals surface area contributed by atoms with Crippen molar-refractivity contribution in [2.45, 2.75) is 23.9 Å². The number of carbonyl (C=O) groups is 1. The molecule has 26 heavy (non-hydrogen) atoms. The largest absolute Gasteiger partial charge is 0.457 e. The third kappa shape index (κ3) is 4.62. The molecule has 1 aromatic carbocycles. The summed E-state index contributed by atoms with van der Waals surface area (Å²) in [5, 5.41) is 1.99. The van der Waals surface area contributed by atoms with Gasteiger partial charge in [0.1, 0.15) is 0 Å². The topological polar surface area (TPSA) is 29.1 Å². The summed E-state index contributed by atoms with van der Waals surface area (Å²) in [5.41, 5.74) is -5.94. The molecule has 1 unspecified atom stereocenters. The minimum atomic E-state index is -6.78. The number of nitrogens with one attached hydrogen (secondary N) is 1. The van der Waals surface area contributed by atoms with E-state index in [1.807, 2.05) is 5.32 Å². The molecule has 0 saturated heterocycles. The van der Waals surface area contributed by atoms with Crippen molar-refractivity contribution >= 4 is 28.5 Å². The van der Waals surface area contributed by atoms with Crippen molar-refractivity contribution < 1.29 is 44.3 Å². The maximum absolute atomic E-state index is 13.9. The molecule has 0 aliphatic carbocycles. The highest BCUT2D eigenvalue weighted by Crippen LogP contribution is 2.54. The Morgan fingerprint density at radius 1 is 0.923 bits per heavy atom. The lowest BCUT2D eigenvalue weighted by molar-refractivity contribution is -0.369. The van der Waals surface area contributed by atoms with Gasteiger partial charge in [-0.25, -0.2) is 4.39 Å². The standard InChI is InChI=1S/C14H9F9INO/c15-11(13(18,19)20,12(16,17)14(21,22)23)6-9(24)7-25-10(26)8-4-2-1-3-5-8/h1-6H,7H2,(H,25,26). The van der Waals surface area contributed by atoms with Crippen LogP contribution in [0.15, 0.2) is 40.0 Å². The van der Waals surface area contributed by atoms with E-state index in [9.17, 15) is 44.3 Å². The number of hydrogen-bond acceptors (Lipinski definition) is 1. The molecule has 0 aliphatic heterocycles. The van der Waals surface area contributed by atoms with Crippen LogP contribution in [0.2, 0.25) is 0 Å². The van der Waals surface area contributed by atoms with Gasteiger partial charge >= 0.3 is 18.3 Å². The van der Waals surface area contributed by atoms with E-state index in [1.165, 1.54) is 24.3 Å². The van der Waals surface area contributed by atoms with Crippen LogP contribution in [0.4, 0.5) is 39.5 Å². The molecule has 0 fully saturated rings. The monoisotopic (exact) mass is 505 g/mol. The fourth-order valence-corrected chi connectivity index (χ4v) is 2.30. The van der Waals surface area contributed by atoms with Gasteiger partial charge in [-0.1, -0.05) is 18.2 Å². The van der Waals surface area contributed by atoms with Gasteiger partial charge < -0.3 is 5.32 Å². The van der Waals surface area contributed by atoms with E-state index in [0.717, 1.165) is 22.6 Å². The van der Waals surface area contributed by atoms with Crippen molar-refractivity contribution in [2.75, 3.05) is 6.54 Å². The van der Waals surface area contributed by atoms with Crippen LogP contribution in [0.25, 0.3) is 0 Å². The normalized spacial score (nSPS) is 16.2. The van der Waals surface area contributed by atoms with E-state index < -0.39 is 46.1 Å². The zero-order valence-electron chi connectivity index (χ0n) is 12.4. The van der Waals surface area contributed by atoms with E-state index in [2.05, 4.69) is 0 Å². The lowest BCUT2D eigenvalue weighted by Gasteiger charge is -2.34. The highest BCUT2D eigenvalue weighted by molar-refractivity contribution is 14.1. The summed E-state index contributed by atoms with van der Waals surface area (Å²) in [6.45, 7) is -0.885. The predicted molar refractivity (Wildman–Crippen MR) is 81.8 cm³/mol. The molecule has 2 nitrogen and oxygen atoms in total. The Morgan fingerprint density at radius 2 is 1.42 bits per heavy atom. The van der Waals surface area contributed by atoms with Crippen molar-refractivity contribution in [3.05, 3.63) is 45.6 Å². The number of hydrogen-bond donors (Lipinski definition) is 1. The summed E-state index contributed by atoms with van der Waals surface area (Å²) in [5.74, 6) is -7.56. The van der Waals surface area contributed by atoms with Gasteiger partial charge in [-0.15, -0.1) is 0 Å². The minimum absolute atomic E-state index is 0.0552. The maximum atomic E-state index is 13.9. The first-order chi connectivity index (χ1) is 11.6. The first-order valence-electron chi connectivity index (χ1n) is 6.54. The van der Waals surface area contributed by atoms with E-state index in [0.29, 0.717) is 0 Å². The summed E-state index contributed by atoms with van der Waals surface area (Å²) < 4.78 is 114. The van der Waals surface area contributed by atoms with Gasteiger partial charge in [0.15, 0.2) is 0 Å². The van der Waals surface area contributed by atoms with Crippen LogP contribution < -0.4 is 5.32 Å². The van der Waals surface area contributed by atoms with Gasteiger partial charge in [0.05, 0.1) is 0 Å². The third-order valence-electron chi connectivity index (χ3n) is 3.03. The molecule has 0 aromatic heterocycles. The first kappa shape index (κ1) is 22.6. The van der Waals surface area contributed by atoms with Crippen LogP contribution in [0, 0.1) is 0 Å². The predicted octanol–water partition coefficient (Wildman–Crippen LogP) is 5.20. The lowest BCUT2D eigenvalue weighted by Crippen LogP contribution is -2.61. The highest BCUT2D eigenvalue weighted by Gasteiger charge is 2.80. The van der Waals surface area contributed by atoms with Gasteiger partial charge in [-0.2, -0.15) is 35.1 Å². The maximum Gasteiger partial charge on any atom is 0.457 e. The molecule has 1 N–H and O–H groups in total. The summed E-state index contributed by atoms with van der Waals surface area (Å²) in [6, 6.07) is 7.10. The number of amides is 1. The minimum Gasteiger partial charge on any atom is -0.348 e. The van der Waals surface area contributed by atoms with Crippen molar-refractivity contribution in [3.63, 3.8) is 0 Å². The Morgan fingerprint density at radius 3 is 1.85 bits per heavy atom. The van der Waals surface area contributed by atoms with Gasteiger partial charge in [-0.3, -0.25) is 4.79 Å². The van der Waals surface area contributed by atoms with Crippen LogP contribution in [0.1, 0.15) is 10.4 Å². The summed E-state index contributed by atoms with van der Waals surface area (Å²) in [7, 11) is 0. The van der Waals surface area contributed by atoms with E-state index in [1.54, 1.807) is 6.07 Å². The first-order valence-corrected chi connectivity index (χ1v) is 7.62. The molecule has 0 bridgehead atoms. The molecule has 146 valence electrons. The van der Waals surface area contributed by atoms with Crippen LogP contribution in [0.3, 0.4) is 0 Å². The molecular formula is C14H9F9INO. The lowest BCUT2D eigenvalue weighted by atomic mass is 9.95. The van der Waals surface area contributed by atoms with Crippen molar-refractivity contribution in [2.24, 2.45) is 0 Å². The second-order valence-corrected chi connectivity index (χ2v) is 6.31. The average molecular weight is 505 g/mol. The molecule has 0 radical (unpaired) electrons. The summed E-state index contributed by atoms with van der Waals surface area (Å²) >= 11 is 0.933. The number of rotatable bonds is 5. The Kier molecular flexibility index (Phi) is 6.64. The Bertz CT molecular complexity index is 669. The van der Waals surface area contributed by atoms with Crippen LogP contribution in [-0.4, -0.2) is 36.4 Å². The second kappa shape index (κ2) is 7.64. The van der Waals surface area contributed by atoms with Crippen molar-refractivity contribution in [1.82, 2.24) is 5.32 Å². The molecule has 0 saturated carbocycles. The van der Waals surface area contributed by atoms with Gasteiger partial charge in [-0.05, 0) is 40.8 Å². The molecule has 0 aliphatic rings. The zero-order chi connectivity index (χ0) is 20.4. The van der Waals surface area contributed by atoms with Gasteiger partial charge in [0, 0.05) is 15.7 Å². The SMILES string of the molecule is O=C(NCC(I)=CC(F)(C(F)(F)F)C(F)(F)C(F)(F)F)c1ccccc1. The summed E-state index contributed by atoms with van der Waals surface area (Å²) in [4.78, 5) is 11.7. The molecule has 12 heteroatoms. The smallest absolute Gasteiger partial charge is 0.348 e. The number of allylic oxidation sites excluding steroid dienone is 1. The van der Waals surface area contributed by atoms with Crippen LogP contribution in [-0.2, 0) is 0 Å². The number of benzene rings is 1. The van der Waals surface area contributed by atoms with Crippen molar-refractivity contribution in [1.29, 1.82) is 0 Å². The molecular weight excluding hydrogens is 496 g/mol. The van der Waals surface area contributed by atoms with Gasteiger partial charge in [0.2, 0.25) is 0 Å². The third-order valence-corrected chi connectivity index (χ3v) is 3.73. The quantitative estimate of drug-likeness (QED) is 0.433. The fourth-order valence-electron chi connectivity index (χ4n) is 1.68. The molecule has 1 rings (SSSR count). The van der Waals surface area contributed by atoms with Gasteiger partial charge in [0.25, 0.3) is 11.6 Å². The Labute approximate surface area is 154 Å². The Hall–Kier alpha value is -1.47. The van der Waals surface area contributed by atoms with Crippen LogP contribution >= 0.6 is 22.6 Å². The number of carbonyl (C=O) groups excluding carboxylic acids is 1. The zero-order valence-corrected chi connectivity index (χ0v) is 14.5. The summed E-state index contributed by atoms with van der Waals surface area (Å²) in [6.07, 6.45) is -14.2. The average Bonchev–Trinajstić information content (AvgIpc) is 2.51. The second-order valence-electron chi connectivity index (χ2n) is 4.92.